The second-order valence-corrected chi connectivity index (χ2v) is 11.1. The molecule has 0 saturated carbocycles. The maximum Gasteiger partial charge on any atom is 0.217 e. The summed E-state index contributed by atoms with van der Waals surface area (Å²) in [5, 5.41) is 0.451. The molecule has 158 valence electrons. The second-order valence-electron chi connectivity index (χ2n) is 5.75. The van der Waals surface area contributed by atoms with E-state index in [4.69, 9.17) is 5.73 Å². The molecule has 0 aliphatic carbocycles. The molecule has 1 heterocycles. The maximum absolute atomic E-state index is 13.2. The molecule has 12 heteroatoms. The highest BCUT2D eigenvalue weighted by Crippen LogP contribution is 2.32. The molecular weight excluding hydrogens is 482 g/mol. The minimum atomic E-state index is -3.99. The van der Waals surface area contributed by atoms with E-state index in [1.54, 1.807) is 0 Å². The van der Waals surface area contributed by atoms with Gasteiger partial charge in [-0.3, -0.25) is 0 Å². The number of sulfone groups is 2. The van der Waals surface area contributed by atoms with Gasteiger partial charge in [-0.25, -0.2) is 26.2 Å². The van der Waals surface area contributed by atoms with Crippen LogP contribution in [-0.2, 0) is 26.2 Å². The average molecular weight is 499 g/mol. The van der Waals surface area contributed by atoms with Gasteiger partial charge in [0.2, 0.25) is 9.84 Å². The van der Waals surface area contributed by atoms with Gasteiger partial charge in [0.25, 0.3) is 0 Å². The van der Waals surface area contributed by atoms with E-state index in [1.165, 1.54) is 42.6 Å². The van der Waals surface area contributed by atoms with E-state index in [1.807, 2.05) is 0 Å². The number of thiazole rings is 1. The third kappa shape index (κ3) is 5.53. The van der Waals surface area contributed by atoms with Crippen LogP contribution in [-0.4, -0.2) is 28.1 Å². The van der Waals surface area contributed by atoms with Gasteiger partial charge in [-0.1, -0.05) is 12.1 Å². The lowest BCUT2D eigenvalue weighted by molar-refractivity contribution is 0.597. The fourth-order valence-corrected chi connectivity index (χ4v) is 5.67. The first-order valence-corrected chi connectivity index (χ1v) is 11.8. The first kappa shape index (κ1) is 25.5. The van der Waals surface area contributed by atoms with E-state index < -0.39 is 25.5 Å². The summed E-state index contributed by atoms with van der Waals surface area (Å²) in [5.41, 5.74) is 6.32. The van der Waals surface area contributed by atoms with Crippen LogP contribution in [0.3, 0.4) is 0 Å². The topological polar surface area (TPSA) is 107 Å². The Hall–Kier alpha value is -1.56. The molecule has 0 unspecified atom stereocenters. The number of aromatic nitrogens is 1. The summed E-state index contributed by atoms with van der Waals surface area (Å²) in [4.78, 5) is 3.61. The molecular formula is C17H17Cl2FN2O4S3. The van der Waals surface area contributed by atoms with Crippen LogP contribution in [0.5, 0.6) is 0 Å². The zero-order valence-electron chi connectivity index (χ0n) is 14.9. The van der Waals surface area contributed by atoms with Crippen LogP contribution >= 0.6 is 36.2 Å². The van der Waals surface area contributed by atoms with Crippen molar-refractivity contribution in [2.75, 3.05) is 6.26 Å². The highest BCUT2D eigenvalue weighted by molar-refractivity contribution is 7.93. The maximum atomic E-state index is 13.2. The van der Waals surface area contributed by atoms with Crippen LogP contribution in [0.25, 0.3) is 11.1 Å². The highest BCUT2D eigenvalue weighted by atomic mass is 35.5. The average Bonchev–Trinajstić information content (AvgIpc) is 3.11. The summed E-state index contributed by atoms with van der Waals surface area (Å²) in [6.07, 6.45) is 2.19. The normalized spacial score (nSPS) is 11.4. The molecule has 0 aliphatic heterocycles. The number of rotatable bonds is 5. The lowest BCUT2D eigenvalue weighted by Gasteiger charge is -2.09. The van der Waals surface area contributed by atoms with Gasteiger partial charge in [0, 0.05) is 12.8 Å². The quantitative estimate of drug-likeness (QED) is 0.576. The number of nitrogens with zero attached hydrogens (tertiary/aromatic N) is 1. The van der Waals surface area contributed by atoms with E-state index in [9.17, 15) is 21.2 Å². The van der Waals surface area contributed by atoms with Crippen molar-refractivity contribution < 1.29 is 21.2 Å². The zero-order valence-corrected chi connectivity index (χ0v) is 19.0. The lowest BCUT2D eigenvalue weighted by atomic mass is 10.1. The van der Waals surface area contributed by atoms with Crippen molar-refractivity contribution in [3.05, 3.63) is 59.5 Å². The summed E-state index contributed by atoms with van der Waals surface area (Å²) in [6.45, 7) is 0.102. The smallest absolute Gasteiger partial charge is 0.217 e. The number of halogens is 3. The Kier molecular flexibility index (Phi) is 8.35. The predicted molar refractivity (Wildman–Crippen MR) is 115 cm³/mol. The molecule has 0 atom stereocenters. The van der Waals surface area contributed by atoms with Crippen LogP contribution < -0.4 is 5.73 Å². The molecule has 3 rings (SSSR count). The number of hydrogen-bond donors (Lipinski definition) is 1. The minimum absolute atomic E-state index is 0. The third-order valence-electron chi connectivity index (χ3n) is 3.77. The van der Waals surface area contributed by atoms with Crippen molar-refractivity contribution in [1.82, 2.24) is 4.98 Å². The van der Waals surface area contributed by atoms with Crippen molar-refractivity contribution in [2.45, 2.75) is 20.5 Å². The third-order valence-corrected chi connectivity index (χ3v) is 8.07. The van der Waals surface area contributed by atoms with E-state index in [-0.39, 0.29) is 45.4 Å². The molecule has 0 aliphatic rings. The summed E-state index contributed by atoms with van der Waals surface area (Å²) in [5.74, 6) is -0.454. The predicted octanol–water partition coefficient (Wildman–Crippen LogP) is 3.49. The number of benzene rings is 2. The molecule has 0 saturated heterocycles. The molecule has 0 spiro atoms. The fourth-order valence-electron chi connectivity index (χ4n) is 2.38. The van der Waals surface area contributed by atoms with Crippen LogP contribution in [0, 0.1) is 5.82 Å². The summed E-state index contributed by atoms with van der Waals surface area (Å²) < 4.78 is 63.2. The Labute approximate surface area is 184 Å². The Morgan fingerprint density at radius 1 is 0.966 bits per heavy atom. The van der Waals surface area contributed by atoms with Crippen molar-refractivity contribution >= 4 is 55.8 Å². The minimum Gasteiger partial charge on any atom is -0.325 e. The molecule has 29 heavy (non-hydrogen) atoms. The van der Waals surface area contributed by atoms with E-state index in [2.05, 4.69) is 4.98 Å². The Morgan fingerprint density at radius 2 is 1.55 bits per heavy atom. The molecule has 0 fully saturated rings. The van der Waals surface area contributed by atoms with Gasteiger partial charge in [-0.15, -0.1) is 36.2 Å². The van der Waals surface area contributed by atoms with Gasteiger partial charge < -0.3 is 5.73 Å². The van der Waals surface area contributed by atoms with Crippen LogP contribution in [0.1, 0.15) is 5.01 Å². The molecule has 3 aromatic rings. The lowest BCUT2D eigenvalue weighted by Crippen LogP contribution is -2.04. The van der Waals surface area contributed by atoms with Crippen molar-refractivity contribution in [2.24, 2.45) is 5.73 Å². The van der Waals surface area contributed by atoms with Gasteiger partial charge in [-0.05, 0) is 41.5 Å². The first-order valence-electron chi connectivity index (χ1n) is 7.62. The SMILES string of the molecule is CS(=O)(=O)c1cc(-c2ccc(F)cc2)cc(S(=O)(=O)c2cnc(CN)s2)c1.Cl.Cl. The van der Waals surface area contributed by atoms with E-state index >= 15 is 0 Å². The molecule has 1 aromatic heterocycles. The van der Waals surface area contributed by atoms with E-state index in [0.717, 1.165) is 23.7 Å². The van der Waals surface area contributed by atoms with Gasteiger partial charge in [0.1, 0.15) is 15.0 Å². The molecule has 0 bridgehead atoms. The molecule has 2 aromatic carbocycles. The molecule has 0 radical (unpaired) electrons. The van der Waals surface area contributed by atoms with Gasteiger partial charge in [0.05, 0.1) is 16.0 Å². The second kappa shape index (κ2) is 9.50. The Morgan fingerprint density at radius 3 is 2.07 bits per heavy atom. The Bertz CT molecular complexity index is 1210. The highest BCUT2D eigenvalue weighted by Gasteiger charge is 2.24. The molecule has 2 N–H and O–H groups in total. The summed E-state index contributed by atoms with van der Waals surface area (Å²) in [6, 6.07) is 9.16. The van der Waals surface area contributed by atoms with E-state index in [0.29, 0.717) is 16.1 Å². The number of nitrogens with two attached hydrogens (primary N) is 1. The van der Waals surface area contributed by atoms with Crippen molar-refractivity contribution in [3.63, 3.8) is 0 Å². The van der Waals surface area contributed by atoms with Gasteiger partial charge in [0.15, 0.2) is 9.84 Å². The standard InChI is InChI=1S/C17H15FN2O4S3.2ClH/c1-26(21,22)14-6-12(11-2-4-13(18)5-3-11)7-15(8-14)27(23,24)17-10-20-16(9-19)25-17;;/h2-8,10H,9,19H2,1H3;2*1H. The first-order chi connectivity index (χ1) is 12.6. The summed E-state index contributed by atoms with van der Waals surface area (Å²) >= 11 is 0.929. The van der Waals surface area contributed by atoms with Crippen LogP contribution in [0.4, 0.5) is 4.39 Å². The fraction of sp³-hybridized carbons (Fsp3) is 0.118. The molecule has 0 amide bonds. The summed E-state index contributed by atoms with van der Waals surface area (Å²) in [7, 11) is -7.66. The van der Waals surface area contributed by atoms with Crippen LogP contribution in [0.15, 0.2) is 62.7 Å². The number of hydrogen-bond acceptors (Lipinski definition) is 7. The van der Waals surface area contributed by atoms with Crippen molar-refractivity contribution in [1.29, 1.82) is 0 Å². The molecule has 6 nitrogen and oxygen atoms in total. The largest absolute Gasteiger partial charge is 0.325 e. The van der Waals surface area contributed by atoms with Crippen molar-refractivity contribution in [3.8, 4) is 11.1 Å². The zero-order chi connectivity index (χ0) is 19.8. The Balaban J connectivity index is 0.00000210. The monoisotopic (exact) mass is 498 g/mol. The van der Waals surface area contributed by atoms with Crippen LogP contribution in [0.2, 0.25) is 0 Å². The van der Waals surface area contributed by atoms with Gasteiger partial charge in [-0.2, -0.15) is 0 Å². The van der Waals surface area contributed by atoms with Gasteiger partial charge >= 0.3 is 0 Å².